The summed E-state index contributed by atoms with van der Waals surface area (Å²) in [5.74, 6) is -0.611. The highest BCUT2D eigenvalue weighted by Gasteiger charge is 2.42. The number of Topliss-reactive ketones (excluding diaryl/α,β-unsaturated/α-hetero) is 1. The molecule has 1 aromatic heterocycles. The van der Waals surface area contributed by atoms with Crippen LogP contribution in [-0.4, -0.2) is 43.7 Å². The summed E-state index contributed by atoms with van der Waals surface area (Å²) in [6.07, 6.45) is 4.24. The molecule has 0 aliphatic carbocycles. The Hall–Kier alpha value is -2.51. The van der Waals surface area contributed by atoms with E-state index in [2.05, 4.69) is 11.1 Å². The number of imidazole rings is 1. The van der Waals surface area contributed by atoms with Gasteiger partial charge in [0.1, 0.15) is 17.7 Å². The minimum Gasteiger partial charge on any atom is -0.457 e. The van der Waals surface area contributed by atoms with Gasteiger partial charge in [0, 0.05) is 19.4 Å². The Morgan fingerprint density at radius 3 is 2.57 bits per heavy atom. The summed E-state index contributed by atoms with van der Waals surface area (Å²) in [7, 11) is 1.96. The fourth-order valence-corrected chi connectivity index (χ4v) is 4.87. The normalized spacial score (nSPS) is 30.2. The summed E-state index contributed by atoms with van der Waals surface area (Å²) in [6.45, 7) is 8.85. The molecule has 7 nitrogen and oxygen atoms in total. The van der Waals surface area contributed by atoms with Gasteiger partial charge < -0.3 is 19.5 Å². The molecule has 2 aromatic rings. The molecule has 35 heavy (non-hydrogen) atoms. The second kappa shape index (κ2) is 11.0. The van der Waals surface area contributed by atoms with Crippen LogP contribution in [0.3, 0.4) is 0 Å². The highest BCUT2D eigenvalue weighted by Crippen LogP contribution is 2.33. The highest BCUT2D eigenvalue weighted by atomic mass is 16.5. The number of carbonyl (C=O) groups excluding carboxylic acids is 2. The van der Waals surface area contributed by atoms with Crippen LogP contribution in [0.5, 0.6) is 0 Å². The van der Waals surface area contributed by atoms with E-state index in [9.17, 15) is 19.8 Å². The van der Waals surface area contributed by atoms with Gasteiger partial charge in [0.05, 0.1) is 35.1 Å². The predicted octanol–water partition coefficient (Wildman–Crippen LogP) is 4.58. The van der Waals surface area contributed by atoms with Crippen molar-refractivity contribution in [3.63, 3.8) is 0 Å². The van der Waals surface area contributed by atoms with E-state index in [1.54, 1.807) is 20.8 Å². The number of rotatable bonds is 1. The van der Waals surface area contributed by atoms with Crippen LogP contribution in [0.2, 0.25) is 0 Å². The number of hydrogen-bond donors (Lipinski definition) is 2. The number of aryl methyl sites for hydroxylation is 2. The summed E-state index contributed by atoms with van der Waals surface area (Å²) >= 11 is 0. The summed E-state index contributed by atoms with van der Waals surface area (Å²) in [4.78, 5) is 30.7. The lowest BCUT2D eigenvalue weighted by Crippen LogP contribution is -2.45. The van der Waals surface area contributed by atoms with Gasteiger partial charge in [0.2, 0.25) is 0 Å². The number of hydrogen-bond acceptors (Lipinski definition) is 6. The van der Waals surface area contributed by atoms with Crippen LogP contribution in [0.25, 0.3) is 11.0 Å². The standard InChI is InChI=1S/C28H40N2O5/c1-17-11-9-7-8-10-12-23(20-13-14-22-21(15-20)29-19(3)30(22)6)35-25(32)16-24(31)28(4,5)27(34)18(2)26(17)33/h8,10,13-15,17-18,23-24,26,31,33H,7,9,11-12,16H2,1-6H3/b10-8+. The number of aliphatic hydroxyl groups excluding tert-OH is 2. The molecule has 0 fully saturated rings. The van der Waals surface area contributed by atoms with Crippen molar-refractivity contribution in [1.82, 2.24) is 9.55 Å². The molecule has 0 radical (unpaired) electrons. The Morgan fingerprint density at radius 2 is 1.86 bits per heavy atom. The van der Waals surface area contributed by atoms with E-state index in [0.717, 1.165) is 41.7 Å². The number of ether oxygens (including phenoxy) is 1. The van der Waals surface area contributed by atoms with Crippen molar-refractivity contribution in [3.05, 3.63) is 41.7 Å². The Kier molecular flexibility index (Phi) is 8.54. The SMILES string of the molecule is Cc1nc2cc(C3C/C=C/CCCC(C)C(O)C(C)C(=O)C(C)(C)C(O)CC(=O)O3)ccc2n1C. The first kappa shape index (κ1) is 27.1. The van der Waals surface area contributed by atoms with Crippen molar-refractivity contribution in [1.29, 1.82) is 0 Å². The second-order valence-electron chi connectivity index (χ2n) is 10.6. The van der Waals surface area contributed by atoms with E-state index in [-0.39, 0.29) is 18.1 Å². The molecule has 1 aliphatic rings. The van der Waals surface area contributed by atoms with Gasteiger partial charge in [-0.25, -0.2) is 4.98 Å². The maximum absolute atomic E-state index is 13.2. The van der Waals surface area contributed by atoms with E-state index < -0.39 is 35.6 Å². The average Bonchev–Trinajstić information content (AvgIpc) is 3.10. The quantitative estimate of drug-likeness (QED) is 0.454. The number of cyclic esters (lactones) is 1. The maximum Gasteiger partial charge on any atom is 0.309 e. The number of aliphatic hydroxyl groups is 2. The van der Waals surface area contributed by atoms with Crippen molar-refractivity contribution >= 4 is 22.8 Å². The monoisotopic (exact) mass is 484 g/mol. The van der Waals surface area contributed by atoms with E-state index in [0.29, 0.717) is 6.42 Å². The number of ketones is 1. The van der Waals surface area contributed by atoms with Gasteiger partial charge in [-0.3, -0.25) is 9.59 Å². The van der Waals surface area contributed by atoms with Crippen LogP contribution in [0.4, 0.5) is 0 Å². The minimum atomic E-state index is -1.22. The third kappa shape index (κ3) is 6.01. The number of fused-ring (bicyclic) bond motifs is 1. The predicted molar refractivity (Wildman–Crippen MR) is 136 cm³/mol. The second-order valence-corrected chi connectivity index (χ2v) is 10.6. The van der Waals surface area contributed by atoms with E-state index >= 15 is 0 Å². The van der Waals surface area contributed by atoms with Gasteiger partial charge >= 0.3 is 5.97 Å². The van der Waals surface area contributed by atoms with Crippen LogP contribution in [-0.2, 0) is 21.4 Å². The molecule has 1 aliphatic heterocycles. The van der Waals surface area contributed by atoms with Crippen molar-refractivity contribution in [2.45, 2.75) is 85.0 Å². The molecule has 2 N–H and O–H groups in total. The van der Waals surface area contributed by atoms with Crippen molar-refractivity contribution < 1.29 is 24.5 Å². The average molecular weight is 485 g/mol. The van der Waals surface area contributed by atoms with E-state index in [4.69, 9.17) is 4.74 Å². The number of allylic oxidation sites excluding steroid dienone is 1. The van der Waals surface area contributed by atoms with E-state index in [1.165, 1.54) is 0 Å². The van der Waals surface area contributed by atoms with Crippen LogP contribution in [0, 0.1) is 24.2 Å². The molecule has 0 saturated heterocycles. The van der Waals surface area contributed by atoms with Crippen LogP contribution >= 0.6 is 0 Å². The van der Waals surface area contributed by atoms with Crippen LogP contribution in [0.15, 0.2) is 30.4 Å². The molecule has 5 unspecified atom stereocenters. The summed E-state index contributed by atoms with van der Waals surface area (Å²) in [5, 5.41) is 21.6. The third-order valence-corrected chi connectivity index (χ3v) is 7.66. The molecule has 2 heterocycles. The van der Waals surface area contributed by atoms with Gasteiger partial charge in [-0.1, -0.05) is 45.9 Å². The first-order chi connectivity index (χ1) is 16.4. The number of carbonyl (C=O) groups is 2. The lowest BCUT2D eigenvalue weighted by atomic mass is 9.73. The molecule has 5 atom stereocenters. The summed E-state index contributed by atoms with van der Waals surface area (Å²) < 4.78 is 7.85. The topological polar surface area (TPSA) is 102 Å². The zero-order valence-electron chi connectivity index (χ0n) is 21.8. The highest BCUT2D eigenvalue weighted by molar-refractivity contribution is 5.88. The van der Waals surface area contributed by atoms with Gasteiger partial charge in [-0.2, -0.15) is 0 Å². The first-order valence-corrected chi connectivity index (χ1v) is 12.6. The lowest BCUT2D eigenvalue weighted by Gasteiger charge is -2.34. The minimum absolute atomic E-state index is 0.0468. The van der Waals surface area contributed by atoms with Gasteiger partial charge in [-0.15, -0.1) is 0 Å². The van der Waals surface area contributed by atoms with Crippen molar-refractivity contribution in [3.8, 4) is 0 Å². The number of benzene rings is 1. The Balaban J connectivity index is 1.89. The Bertz CT molecular complexity index is 1090. The van der Waals surface area contributed by atoms with Gasteiger partial charge in [0.15, 0.2) is 0 Å². The van der Waals surface area contributed by atoms with Crippen LogP contribution in [0.1, 0.15) is 77.3 Å². The van der Waals surface area contributed by atoms with Crippen molar-refractivity contribution in [2.24, 2.45) is 24.3 Å². The molecule has 1 aromatic carbocycles. The lowest BCUT2D eigenvalue weighted by molar-refractivity contribution is -0.155. The first-order valence-electron chi connectivity index (χ1n) is 12.6. The summed E-state index contributed by atoms with van der Waals surface area (Å²) in [6, 6.07) is 5.87. The van der Waals surface area contributed by atoms with Crippen LogP contribution < -0.4 is 0 Å². The number of aromatic nitrogens is 2. The summed E-state index contributed by atoms with van der Waals surface area (Å²) in [5.41, 5.74) is 1.48. The fraction of sp³-hybridized carbons (Fsp3) is 0.607. The maximum atomic E-state index is 13.2. The van der Waals surface area contributed by atoms with Gasteiger partial charge in [-0.05, 0) is 49.8 Å². The Labute approximate surface area is 208 Å². The fourth-order valence-electron chi connectivity index (χ4n) is 4.87. The molecular formula is C28H40N2O5. The molecule has 0 saturated carbocycles. The Morgan fingerprint density at radius 1 is 1.14 bits per heavy atom. The largest absolute Gasteiger partial charge is 0.457 e. The molecular weight excluding hydrogens is 444 g/mol. The molecule has 0 spiro atoms. The van der Waals surface area contributed by atoms with E-state index in [1.807, 2.05) is 49.7 Å². The number of esters is 1. The van der Waals surface area contributed by atoms with Gasteiger partial charge in [0.25, 0.3) is 0 Å². The molecule has 0 amide bonds. The zero-order chi connectivity index (χ0) is 25.9. The molecule has 0 bridgehead atoms. The molecule has 7 heteroatoms. The third-order valence-electron chi connectivity index (χ3n) is 7.66. The molecule has 3 rings (SSSR count). The number of nitrogens with zero attached hydrogens (tertiary/aromatic N) is 2. The smallest absolute Gasteiger partial charge is 0.309 e. The van der Waals surface area contributed by atoms with Crippen molar-refractivity contribution in [2.75, 3.05) is 0 Å². The zero-order valence-corrected chi connectivity index (χ0v) is 21.8. The molecule has 192 valence electrons.